The molecular weight excluding hydrogens is 380 g/mol. The van der Waals surface area contributed by atoms with E-state index in [1.807, 2.05) is 31.3 Å². The lowest BCUT2D eigenvalue weighted by atomic mass is 9.93. The molecule has 0 atom stereocenters. The molecule has 0 bridgehead atoms. The molecule has 0 aliphatic heterocycles. The van der Waals surface area contributed by atoms with Gasteiger partial charge in [-0.3, -0.25) is 4.79 Å². The molecule has 132 valence electrons. The summed E-state index contributed by atoms with van der Waals surface area (Å²) < 4.78 is 6.68. The number of halogens is 2. The monoisotopic (exact) mass is 406 g/mol. The van der Waals surface area contributed by atoms with Gasteiger partial charge in [-0.1, -0.05) is 29.8 Å². The molecule has 6 heteroatoms. The maximum absolute atomic E-state index is 12.0. The lowest BCUT2D eigenvalue weighted by Gasteiger charge is -2.29. The zero-order chi connectivity index (χ0) is 16.6. The standard InChI is InChI=1S/C17H27BrN2O2.ClH/c1-17(2,12-19)13-20(3)16(21)6-4-5-11-22-15-9-7-14(18)8-10-15;/h7-10H,4-6,11-13,19H2,1-3H3;1H. The van der Waals surface area contributed by atoms with Gasteiger partial charge in [-0.15, -0.1) is 12.4 Å². The Bertz CT molecular complexity index is 466. The van der Waals surface area contributed by atoms with Crippen LogP contribution < -0.4 is 10.5 Å². The molecule has 2 N–H and O–H groups in total. The van der Waals surface area contributed by atoms with E-state index in [1.54, 1.807) is 4.90 Å². The normalized spacial score (nSPS) is 10.8. The Kier molecular flexibility index (Phi) is 10.5. The van der Waals surface area contributed by atoms with Crippen molar-refractivity contribution in [3.05, 3.63) is 28.7 Å². The fourth-order valence-corrected chi connectivity index (χ4v) is 2.35. The summed E-state index contributed by atoms with van der Waals surface area (Å²) in [6, 6.07) is 7.76. The second kappa shape index (κ2) is 10.9. The van der Waals surface area contributed by atoms with Crippen molar-refractivity contribution in [1.82, 2.24) is 4.90 Å². The highest BCUT2D eigenvalue weighted by atomic mass is 79.9. The molecule has 4 nitrogen and oxygen atoms in total. The number of hydrogen-bond donors (Lipinski definition) is 1. The van der Waals surface area contributed by atoms with Gasteiger partial charge in [0, 0.05) is 24.5 Å². The summed E-state index contributed by atoms with van der Waals surface area (Å²) in [6.07, 6.45) is 2.26. The van der Waals surface area contributed by atoms with Crippen molar-refractivity contribution in [2.45, 2.75) is 33.1 Å². The number of nitrogens with two attached hydrogens (primary N) is 1. The van der Waals surface area contributed by atoms with E-state index in [-0.39, 0.29) is 23.7 Å². The van der Waals surface area contributed by atoms with Gasteiger partial charge in [-0.25, -0.2) is 0 Å². The highest BCUT2D eigenvalue weighted by Gasteiger charge is 2.20. The fraction of sp³-hybridized carbons (Fsp3) is 0.588. The van der Waals surface area contributed by atoms with E-state index in [2.05, 4.69) is 29.8 Å². The minimum atomic E-state index is -0.0326. The van der Waals surface area contributed by atoms with E-state index >= 15 is 0 Å². The van der Waals surface area contributed by atoms with Crippen molar-refractivity contribution >= 4 is 34.2 Å². The number of carbonyl (C=O) groups is 1. The Balaban J connectivity index is 0.00000484. The van der Waals surface area contributed by atoms with Crippen LogP contribution in [0.25, 0.3) is 0 Å². The number of carbonyl (C=O) groups excluding carboxylic acids is 1. The number of hydrogen-bond acceptors (Lipinski definition) is 3. The summed E-state index contributed by atoms with van der Waals surface area (Å²) in [7, 11) is 1.85. The third-order valence-electron chi connectivity index (χ3n) is 3.51. The third-order valence-corrected chi connectivity index (χ3v) is 4.04. The van der Waals surface area contributed by atoms with Crippen molar-refractivity contribution in [3.63, 3.8) is 0 Å². The summed E-state index contributed by atoms with van der Waals surface area (Å²) in [5.41, 5.74) is 5.67. The van der Waals surface area contributed by atoms with Crippen molar-refractivity contribution in [3.8, 4) is 5.75 Å². The van der Waals surface area contributed by atoms with Gasteiger partial charge in [0.2, 0.25) is 5.91 Å². The van der Waals surface area contributed by atoms with Crippen LogP contribution in [0.5, 0.6) is 5.75 Å². The predicted octanol–water partition coefficient (Wildman–Crippen LogP) is 3.86. The fourth-order valence-electron chi connectivity index (χ4n) is 2.08. The Labute approximate surface area is 154 Å². The van der Waals surface area contributed by atoms with Crippen LogP contribution in [0, 0.1) is 5.41 Å². The van der Waals surface area contributed by atoms with Crippen LogP contribution in [0.3, 0.4) is 0 Å². The van der Waals surface area contributed by atoms with Gasteiger partial charge in [0.25, 0.3) is 0 Å². The molecule has 1 amide bonds. The van der Waals surface area contributed by atoms with Gasteiger partial charge in [0.1, 0.15) is 5.75 Å². The highest BCUT2D eigenvalue weighted by molar-refractivity contribution is 9.10. The van der Waals surface area contributed by atoms with E-state index in [4.69, 9.17) is 10.5 Å². The second-order valence-corrected chi connectivity index (χ2v) is 7.29. The number of benzene rings is 1. The van der Waals surface area contributed by atoms with Gasteiger partial charge in [-0.2, -0.15) is 0 Å². The molecule has 23 heavy (non-hydrogen) atoms. The summed E-state index contributed by atoms with van der Waals surface area (Å²) >= 11 is 3.39. The van der Waals surface area contributed by atoms with E-state index in [1.165, 1.54) is 0 Å². The number of ether oxygens (including phenoxy) is 1. The van der Waals surface area contributed by atoms with Gasteiger partial charge in [0.15, 0.2) is 0 Å². The van der Waals surface area contributed by atoms with Crippen molar-refractivity contribution < 1.29 is 9.53 Å². The number of nitrogens with zero attached hydrogens (tertiary/aromatic N) is 1. The van der Waals surface area contributed by atoms with E-state index < -0.39 is 0 Å². The molecule has 0 aliphatic rings. The van der Waals surface area contributed by atoms with E-state index in [0.29, 0.717) is 26.1 Å². The Morgan fingerprint density at radius 1 is 1.26 bits per heavy atom. The van der Waals surface area contributed by atoms with Crippen LogP contribution in [0.2, 0.25) is 0 Å². The largest absolute Gasteiger partial charge is 0.494 e. The van der Waals surface area contributed by atoms with Crippen molar-refractivity contribution in [2.75, 3.05) is 26.7 Å². The average molecular weight is 408 g/mol. The van der Waals surface area contributed by atoms with Crippen molar-refractivity contribution in [2.24, 2.45) is 11.1 Å². The maximum Gasteiger partial charge on any atom is 0.222 e. The molecule has 0 heterocycles. The molecule has 0 saturated heterocycles. The molecule has 0 aromatic heterocycles. The molecule has 0 spiro atoms. The molecule has 1 aromatic rings. The Morgan fingerprint density at radius 3 is 2.43 bits per heavy atom. The topological polar surface area (TPSA) is 55.6 Å². The molecule has 0 unspecified atom stereocenters. The van der Waals surface area contributed by atoms with Crippen LogP contribution >= 0.6 is 28.3 Å². The lowest BCUT2D eigenvalue weighted by molar-refractivity contribution is -0.131. The first-order chi connectivity index (χ1) is 10.3. The van der Waals surface area contributed by atoms with Crippen molar-refractivity contribution in [1.29, 1.82) is 0 Å². The SMILES string of the molecule is CN(CC(C)(C)CN)C(=O)CCCCOc1ccc(Br)cc1.Cl. The van der Waals surface area contributed by atoms with Crippen LogP contribution in [0.1, 0.15) is 33.1 Å². The van der Waals surface area contributed by atoms with E-state index in [9.17, 15) is 4.79 Å². The highest BCUT2D eigenvalue weighted by Crippen LogP contribution is 2.17. The lowest BCUT2D eigenvalue weighted by Crippen LogP contribution is -2.39. The molecule has 1 aromatic carbocycles. The first-order valence-electron chi connectivity index (χ1n) is 7.66. The molecular formula is C17H28BrClN2O2. The van der Waals surface area contributed by atoms with Crippen LogP contribution in [0.4, 0.5) is 0 Å². The maximum atomic E-state index is 12.0. The quantitative estimate of drug-likeness (QED) is 0.632. The number of amides is 1. The number of unbranched alkanes of at least 4 members (excludes halogenated alkanes) is 1. The Hall–Kier alpha value is -0.780. The second-order valence-electron chi connectivity index (χ2n) is 6.38. The van der Waals surface area contributed by atoms with Crippen LogP contribution in [0.15, 0.2) is 28.7 Å². The molecule has 0 radical (unpaired) electrons. The molecule has 0 aliphatic carbocycles. The summed E-state index contributed by atoms with van der Waals surface area (Å²) in [4.78, 5) is 13.8. The minimum absolute atomic E-state index is 0. The summed E-state index contributed by atoms with van der Waals surface area (Å²) in [6.45, 7) is 6.04. The average Bonchev–Trinajstić information content (AvgIpc) is 2.48. The van der Waals surface area contributed by atoms with Crippen LogP contribution in [-0.2, 0) is 4.79 Å². The number of rotatable bonds is 9. The zero-order valence-electron chi connectivity index (χ0n) is 14.2. The first-order valence-corrected chi connectivity index (χ1v) is 8.46. The summed E-state index contributed by atoms with van der Waals surface area (Å²) in [5, 5.41) is 0. The third kappa shape index (κ3) is 9.18. The van der Waals surface area contributed by atoms with Gasteiger partial charge >= 0.3 is 0 Å². The smallest absolute Gasteiger partial charge is 0.222 e. The van der Waals surface area contributed by atoms with Gasteiger partial charge in [0.05, 0.1) is 6.61 Å². The molecule has 0 saturated carbocycles. The molecule has 1 rings (SSSR count). The Morgan fingerprint density at radius 2 is 1.87 bits per heavy atom. The van der Waals surface area contributed by atoms with Gasteiger partial charge < -0.3 is 15.4 Å². The molecule has 0 fully saturated rings. The zero-order valence-corrected chi connectivity index (χ0v) is 16.6. The van der Waals surface area contributed by atoms with E-state index in [0.717, 1.165) is 23.1 Å². The predicted molar refractivity (Wildman–Crippen MR) is 101 cm³/mol. The minimum Gasteiger partial charge on any atom is -0.494 e. The van der Waals surface area contributed by atoms with Crippen LogP contribution in [-0.4, -0.2) is 37.6 Å². The first kappa shape index (κ1) is 22.2. The summed E-state index contributed by atoms with van der Waals surface area (Å²) in [5.74, 6) is 1.03. The van der Waals surface area contributed by atoms with Gasteiger partial charge in [-0.05, 0) is 49.1 Å².